The minimum absolute atomic E-state index is 0.181. The highest BCUT2D eigenvalue weighted by Crippen LogP contribution is 2.30. The zero-order chi connectivity index (χ0) is 14.1. The topological polar surface area (TPSA) is 55.1 Å². The highest BCUT2D eigenvalue weighted by atomic mass is 127. The molecule has 0 unspecified atom stereocenters. The molecule has 3 N–H and O–H groups in total. The molecule has 0 aliphatic heterocycles. The summed E-state index contributed by atoms with van der Waals surface area (Å²) >= 11 is 1.98. The van der Waals surface area contributed by atoms with Gasteiger partial charge in [0, 0.05) is 9.11 Å². The van der Waals surface area contributed by atoms with Gasteiger partial charge < -0.3 is 11.1 Å². The van der Waals surface area contributed by atoms with Crippen LogP contribution in [0, 0.1) is 14.8 Å². The summed E-state index contributed by atoms with van der Waals surface area (Å²) in [7, 11) is 0. The molecule has 0 heterocycles. The van der Waals surface area contributed by atoms with Gasteiger partial charge in [-0.2, -0.15) is 0 Å². The van der Waals surface area contributed by atoms with E-state index in [0.29, 0.717) is 9.26 Å². The lowest BCUT2D eigenvalue weighted by atomic mass is 9.74. The smallest absolute Gasteiger partial charge is 0.231 e. The molecular weight excluding hydrogens is 346 g/mol. The Hall–Kier alpha value is -0.690. The molecule has 1 aromatic carbocycles. The van der Waals surface area contributed by atoms with Crippen molar-refractivity contribution in [1.29, 1.82) is 0 Å². The normalized spacial score (nSPS) is 12.4. The van der Waals surface area contributed by atoms with Crippen molar-refractivity contribution >= 4 is 34.2 Å². The van der Waals surface area contributed by atoms with Gasteiger partial charge in [-0.25, -0.2) is 4.39 Å². The first-order chi connectivity index (χ1) is 8.05. The summed E-state index contributed by atoms with van der Waals surface area (Å²) in [6.45, 7) is 7.20. The zero-order valence-electron chi connectivity index (χ0n) is 11.0. The van der Waals surface area contributed by atoms with Crippen molar-refractivity contribution in [2.24, 2.45) is 11.1 Å². The third kappa shape index (κ3) is 3.20. The van der Waals surface area contributed by atoms with Gasteiger partial charge in [-0.05, 0) is 68.5 Å². The second-order valence-corrected chi connectivity index (χ2v) is 6.59. The Morgan fingerprint density at radius 1 is 1.33 bits per heavy atom. The quantitative estimate of drug-likeness (QED) is 0.810. The average molecular weight is 364 g/mol. The van der Waals surface area contributed by atoms with E-state index in [0.717, 1.165) is 0 Å². The molecular formula is C13H18FIN2O. The maximum Gasteiger partial charge on any atom is 0.231 e. The summed E-state index contributed by atoms with van der Waals surface area (Å²) in [5, 5.41) is 2.79. The van der Waals surface area contributed by atoms with Gasteiger partial charge in [-0.3, -0.25) is 4.79 Å². The summed E-state index contributed by atoms with van der Waals surface area (Å²) in [6, 6.07) is 4.24. The van der Waals surface area contributed by atoms with Gasteiger partial charge >= 0.3 is 0 Å². The molecule has 1 amide bonds. The fourth-order valence-corrected chi connectivity index (χ4v) is 1.77. The second-order valence-electron chi connectivity index (χ2n) is 5.42. The van der Waals surface area contributed by atoms with E-state index in [-0.39, 0.29) is 11.7 Å². The monoisotopic (exact) mass is 364 g/mol. The number of hydrogen-bond acceptors (Lipinski definition) is 2. The van der Waals surface area contributed by atoms with Crippen LogP contribution in [0.2, 0.25) is 0 Å². The van der Waals surface area contributed by atoms with Gasteiger partial charge in [0.25, 0.3) is 0 Å². The Bertz CT molecular complexity index is 467. The first-order valence-corrected chi connectivity index (χ1v) is 6.69. The Kier molecular flexibility index (Phi) is 4.38. The predicted octanol–water partition coefficient (Wildman–Crippen LogP) is 3.13. The number of rotatable bonds is 3. The number of nitrogens with two attached hydrogens (primary N) is 1. The van der Waals surface area contributed by atoms with Gasteiger partial charge in [-0.1, -0.05) is 0 Å². The van der Waals surface area contributed by atoms with E-state index < -0.39 is 11.0 Å². The Morgan fingerprint density at radius 3 is 2.33 bits per heavy atom. The lowest BCUT2D eigenvalue weighted by Crippen LogP contribution is -2.53. The van der Waals surface area contributed by atoms with E-state index >= 15 is 0 Å². The number of amides is 1. The maximum atomic E-state index is 13.0. The van der Waals surface area contributed by atoms with Crippen LogP contribution in [0.15, 0.2) is 18.2 Å². The highest BCUT2D eigenvalue weighted by Gasteiger charge is 2.40. The van der Waals surface area contributed by atoms with Crippen molar-refractivity contribution in [1.82, 2.24) is 0 Å². The number of hydrogen-bond donors (Lipinski definition) is 2. The number of benzene rings is 1. The van der Waals surface area contributed by atoms with Gasteiger partial charge in [0.15, 0.2) is 0 Å². The SMILES string of the molecule is CC(C)(N)C(C)(C)C(=O)Nc1ccc(F)cc1I. The number of anilines is 1. The van der Waals surface area contributed by atoms with Crippen molar-refractivity contribution in [2.45, 2.75) is 33.2 Å². The largest absolute Gasteiger partial charge is 0.325 e. The van der Waals surface area contributed by atoms with Gasteiger partial charge in [-0.15, -0.1) is 0 Å². The molecule has 100 valence electrons. The molecule has 18 heavy (non-hydrogen) atoms. The third-order valence-electron chi connectivity index (χ3n) is 3.36. The molecule has 0 atom stereocenters. The van der Waals surface area contributed by atoms with Crippen LogP contribution in [0.1, 0.15) is 27.7 Å². The van der Waals surface area contributed by atoms with Crippen LogP contribution < -0.4 is 11.1 Å². The summed E-state index contributed by atoms with van der Waals surface area (Å²) in [6.07, 6.45) is 0. The summed E-state index contributed by atoms with van der Waals surface area (Å²) in [4.78, 5) is 12.2. The van der Waals surface area contributed by atoms with Crippen LogP contribution >= 0.6 is 22.6 Å². The van der Waals surface area contributed by atoms with Crippen molar-refractivity contribution in [3.8, 4) is 0 Å². The van der Waals surface area contributed by atoms with Gasteiger partial charge in [0.05, 0.1) is 11.1 Å². The number of carbonyl (C=O) groups excluding carboxylic acids is 1. The molecule has 0 aliphatic rings. The lowest BCUT2D eigenvalue weighted by Gasteiger charge is -2.36. The molecule has 0 aliphatic carbocycles. The molecule has 1 aromatic rings. The van der Waals surface area contributed by atoms with E-state index in [4.69, 9.17) is 5.73 Å². The van der Waals surface area contributed by atoms with Crippen LogP contribution in [-0.2, 0) is 4.79 Å². The lowest BCUT2D eigenvalue weighted by molar-refractivity contribution is -0.126. The molecule has 0 fully saturated rings. The van der Waals surface area contributed by atoms with E-state index in [1.165, 1.54) is 12.1 Å². The summed E-state index contributed by atoms with van der Waals surface area (Å²) in [5.74, 6) is -0.504. The molecule has 3 nitrogen and oxygen atoms in total. The zero-order valence-corrected chi connectivity index (χ0v) is 13.1. The van der Waals surface area contributed by atoms with Crippen molar-refractivity contribution in [3.05, 3.63) is 27.6 Å². The van der Waals surface area contributed by atoms with E-state index in [2.05, 4.69) is 5.32 Å². The average Bonchev–Trinajstić information content (AvgIpc) is 2.20. The molecule has 0 aromatic heterocycles. The first-order valence-electron chi connectivity index (χ1n) is 5.61. The molecule has 1 rings (SSSR count). The fraction of sp³-hybridized carbons (Fsp3) is 0.462. The van der Waals surface area contributed by atoms with Crippen LogP contribution in [-0.4, -0.2) is 11.4 Å². The molecule has 0 saturated heterocycles. The number of nitrogens with one attached hydrogen (secondary N) is 1. The van der Waals surface area contributed by atoms with E-state index in [1.807, 2.05) is 36.4 Å². The summed E-state index contributed by atoms with van der Waals surface area (Å²) < 4.78 is 13.6. The minimum Gasteiger partial charge on any atom is -0.325 e. The minimum atomic E-state index is -0.732. The molecule has 0 radical (unpaired) electrons. The second kappa shape index (κ2) is 5.13. The van der Waals surface area contributed by atoms with Gasteiger partial charge in [0.1, 0.15) is 5.82 Å². The van der Waals surface area contributed by atoms with E-state index in [9.17, 15) is 9.18 Å². The maximum absolute atomic E-state index is 13.0. The van der Waals surface area contributed by atoms with Crippen LogP contribution in [0.3, 0.4) is 0 Å². The standard InChI is InChI=1S/C13H18FIN2O/c1-12(2,13(3,4)16)11(18)17-10-6-5-8(14)7-9(10)15/h5-7H,16H2,1-4H3,(H,17,18). The van der Waals surface area contributed by atoms with Crippen molar-refractivity contribution in [2.75, 3.05) is 5.32 Å². The van der Waals surface area contributed by atoms with Crippen LogP contribution in [0.4, 0.5) is 10.1 Å². The summed E-state index contributed by atoms with van der Waals surface area (Å²) in [5.41, 5.74) is 5.22. The number of carbonyl (C=O) groups is 1. The Balaban J connectivity index is 2.95. The van der Waals surface area contributed by atoms with E-state index in [1.54, 1.807) is 19.9 Å². The van der Waals surface area contributed by atoms with Gasteiger partial charge in [0.2, 0.25) is 5.91 Å². The highest BCUT2D eigenvalue weighted by molar-refractivity contribution is 14.1. The third-order valence-corrected chi connectivity index (χ3v) is 4.25. The number of halogens is 2. The Labute approximate surface area is 120 Å². The predicted molar refractivity (Wildman–Crippen MR) is 79.8 cm³/mol. The van der Waals surface area contributed by atoms with Crippen LogP contribution in [0.5, 0.6) is 0 Å². The Morgan fingerprint density at radius 2 is 1.89 bits per heavy atom. The van der Waals surface area contributed by atoms with Crippen LogP contribution in [0.25, 0.3) is 0 Å². The fourth-order valence-electron chi connectivity index (χ4n) is 1.16. The molecule has 5 heteroatoms. The molecule has 0 bridgehead atoms. The van der Waals surface area contributed by atoms with Crippen molar-refractivity contribution < 1.29 is 9.18 Å². The van der Waals surface area contributed by atoms with Crippen molar-refractivity contribution in [3.63, 3.8) is 0 Å². The molecule has 0 saturated carbocycles. The first kappa shape index (κ1) is 15.4. The molecule has 0 spiro atoms.